The largest absolute Gasteiger partial charge is 0.370 e. The minimum absolute atomic E-state index is 0.211. The Bertz CT molecular complexity index is 819. The molecule has 0 saturated carbocycles. The summed E-state index contributed by atoms with van der Waals surface area (Å²) in [5, 5.41) is 3.32. The molecule has 0 saturated heterocycles. The van der Waals surface area contributed by atoms with Crippen molar-refractivity contribution < 1.29 is 4.39 Å². The van der Waals surface area contributed by atoms with Crippen LogP contribution < -0.4 is 10.2 Å². The van der Waals surface area contributed by atoms with Crippen LogP contribution in [0.4, 0.5) is 21.7 Å². The van der Waals surface area contributed by atoms with E-state index in [4.69, 9.17) is 0 Å². The zero-order chi connectivity index (χ0) is 17.6. The monoisotopic (exact) mass is 336 g/mol. The minimum Gasteiger partial charge on any atom is -0.370 e. The highest BCUT2D eigenvalue weighted by molar-refractivity contribution is 5.61. The molecule has 0 aliphatic heterocycles. The lowest BCUT2D eigenvalue weighted by molar-refractivity contribution is 0.627. The van der Waals surface area contributed by atoms with Gasteiger partial charge in [-0.3, -0.25) is 0 Å². The van der Waals surface area contributed by atoms with Crippen molar-refractivity contribution in [2.24, 2.45) is 0 Å². The van der Waals surface area contributed by atoms with Crippen molar-refractivity contribution in [1.29, 1.82) is 0 Å². The molecule has 0 aliphatic carbocycles. The van der Waals surface area contributed by atoms with Gasteiger partial charge in [0.25, 0.3) is 0 Å². The molecule has 128 valence electrons. The van der Waals surface area contributed by atoms with E-state index < -0.39 is 0 Å². The van der Waals surface area contributed by atoms with Gasteiger partial charge in [0, 0.05) is 25.3 Å². The van der Waals surface area contributed by atoms with Crippen LogP contribution in [0.25, 0.3) is 0 Å². The van der Waals surface area contributed by atoms with E-state index in [1.807, 2.05) is 55.3 Å². The van der Waals surface area contributed by atoms with Crippen LogP contribution in [-0.2, 0) is 6.42 Å². The van der Waals surface area contributed by atoms with Crippen molar-refractivity contribution in [2.75, 3.05) is 23.8 Å². The van der Waals surface area contributed by atoms with Crippen molar-refractivity contribution >= 4 is 17.3 Å². The summed E-state index contributed by atoms with van der Waals surface area (Å²) >= 11 is 0. The summed E-state index contributed by atoms with van der Waals surface area (Å²) in [4.78, 5) is 11.0. The molecular weight excluding hydrogens is 315 g/mol. The maximum atomic E-state index is 12.9. The summed E-state index contributed by atoms with van der Waals surface area (Å²) in [6, 6.07) is 18.6. The predicted octanol–water partition coefficient (Wildman–Crippen LogP) is 4.35. The van der Waals surface area contributed by atoms with E-state index >= 15 is 0 Å². The van der Waals surface area contributed by atoms with Crippen LogP contribution in [0.1, 0.15) is 11.4 Å². The number of aryl methyl sites for hydroxylation is 1. The average Bonchev–Trinajstić information content (AvgIpc) is 2.63. The Labute approximate surface area is 147 Å². The smallest absolute Gasteiger partial charge is 0.138 e. The normalized spacial score (nSPS) is 10.5. The molecule has 0 fully saturated rings. The number of benzene rings is 2. The molecule has 3 aromatic rings. The zero-order valence-corrected chi connectivity index (χ0v) is 14.4. The summed E-state index contributed by atoms with van der Waals surface area (Å²) in [5.41, 5.74) is 2.15. The predicted molar refractivity (Wildman–Crippen MR) is 99.9 cm³/mol. The fraction of sp³-hybridized carbons (Fsp3) is 0.200. The van der Waals surface area contributed by atoms with Gasteiger partial charge in [-0.1, -0.05) is 30.3 Å². The number of nitrogens with one attached hydrogen (secondary N) is 1. The number of para-hydroxylation sites is 1. The second-order valence-electron chi connectivity index (χ2n) is 5.86. The number of halogens is 1. The van der Waals surface area contributed by atoms with Crippen LogP contribution >= 0.6 is 0 Å². The number of nitrogens with zero attached hydrogens (tertiary/aromatic N) is 3. The van der Waals surface area contributed by atoms with Gasteiger partial charge in [0.1, 0.15) is 23.3 Å². The molecule has 0 amide bonds. The molecule has 25 heavy (non-hydrogen) atoms. The second kappa shape index (κ2) is 7.75. The Hall–Kier alpha value is -2.95. The molecule has 1 heterocycles. The highest BCUT2D eigenvalue weighted by atomic mass is 19.1. The van der Waals surface area contributed by atoms with Gasteiger partial charge in [0.05, 0.1) is 0 Å². The van der Waals surface area contributed by atoms with Gasteiger partial charge in [-0.15, -0.1) is 0 Å². The summed E-state index contributed by atoms with van der Waals surface area (Å²) < 4.78 is 12.9. The highest BCUT2D eigenvalue weighted by Gasteiger charge is 2.08. The molecule has 0 bridgehead atoms. The lowest BCUT2D eigenvalue weighted by atomic mass is 10.1. The number of aromatic nitrogens is 2. The molecule has 1 aromatic heterocycles. The van der Waals surface area contributed by atoms with Gasteiger partial charge < -0.3 is 10.2 Å². The minimum atomic E-state index is -0.211. The Morgan fingerprint density at radius 2 is 1.72 bits per heavy atom. The summed E-state index contributed by atoms with van der Waals surface area (Å²) in [6.07, 6.45) is 0.799. The maximum Gasteiger partial charge on any atom is 0.138 e. The molecule has 5 heteroatoms. The molecule has 1 N–H and O–H groups in total. The first kappa shape index (κ1) is 16.9. The molecule has 3 rings (SSSR count). The molecule has 0 aliphatic rings. The van der Waals surface area contributed by atoms with Gasteiger partial charge in [-0.25, -0.2) is 14.4 Å². The van der Waals surface area contributed by atoms with Gasteiger partial charge in [0.2, 0.25) is 0 Å². The molecule has 4 nitrogen and oxygen atoms in total. The summed E-state index contributed by atoms with van der Waals surface area (Å²) in [5.74, 6) is 2.12. The number of anilines is 3. The lowest BCUT2D eigenvalue weighted by Gasteiger charge is -2.19. The van der Waals surface area contributed by atoms with Crippen LogP contribution in [-0.4, -0.2) is 23.6 Å². The van der Waals surface area contributed by atoms with Crippen LogP contribution in [0, 0.1) is 12.7 Å². The highest BCUT2D eigenvalue weighted by Crippen LogP contribution is 2.23. The Balaban J connectivity index is 1.68. The van der Waals surface area contributed by atoms with Gasteiger partial charge >= 0.3 is 0 Å². The van der Waals surface area contributed by atoms with Crippen LogP contribution in [0.2, 0.25) is 0 Å². The fourth-order valence-electron chi connectivity index (χ4n) is 2.58. The quantitative estimate of drug-likeness (QED) is 0.727. The lowest BCUT2D eigenvalue weighted by Crippen LogP contribution is -2.14. The Morgan fingerprint density at radius 1 is 1.00 bits per heavy atom. The number of hydrogen-bond acceptors (Lipinski definition) is 4. The van der Waals surface area contributed by atoms with E-state index in [0.717, 1.165) is 35.9 Å². The molecule has 0 unspecified atom stereocenters. The first-order valence-corrected chi connectivity index (χ1v) is 8.24. The summed E-state index contributed by atoms with van der Waals surface area (Å²) in [7, 11) is 1.99. The van der Waals surface area contributed by atoms with E-state index in [-0.39, 0.29) is 5.82 Å². The molecular formula is C20H21FN4. The molecule has 0 spiro atoms. The third kappa shape index (κ3) is 4.53. The average molecular weight is 336 g/mol. The summed E-state index contributed by atoms with van der Waals surface area (Å²) in [6.45, 7) is 2.60. The van der Waals surface area contributed by atoms with Crippen LogP contribution in [0.3, 0.4) is 0 Å². The van der Waals surface area contributed by atoms with Crippen LogP contribution in [0.15, 0.2) is 60.7 Å². The number of hydrogen-bond donors (Lipinski definition) is 1. The van der Waals surface area contributed by atoms with Gasteiger partial charge in [-0.2, -0.15) is 0 Å². The first-order valence-electron chi connectivity index (χ1n) is 8.24. The van der Waals surface area contributed by atoms with Crippen LogP contribution in [0.5, 0.6) is 0 Å². The fourth-order valence-corrected chi connectivity index (χ4v) is 2.58. The van der Waals surface area contributed by atoms with Gasteiger partial charge in [0.15, 0.2) is 0 Å². The maximum absolute atomic E-state index is 12.9. The SMILES string of the molecule is Cc1nc(NCCc2ccc(F)cc2)cc(N(C)c2ccccc2)n1. The number of rotatable bonds is 6. The van der Waals surface area contributed by atoms with E-state index in [1.165, 1.54) is 12.1 Å². The van der Waals surface area contributed by atoms with E-state index in [1.54, 1.807) is 12.1 Å². The van der Waals surface area contributed by atoms with Crippen molar-refractivity contribution in [3.05, 3.63) is 77.9 Å². The van der Waals surface area contributed by atoms with Crippen molar-refractivity contribution in [3.63, 3.8) is 0 Å². The van der Waals surface area contributed by atoms with Crippen molar-refractivity contribution in [2.45, 2.75) is 13.3 Å². The third-order valence-corrected chi connectivity index (χ3v) is 3.94. The zero-order valence-electron chi connectivity index (χ0n) is 14.4. The Kier molecular flexibility index (Phi) is 5.23. The van der Waals surface area contributed by atoms with E-state index in [2.05, 4.69) is 15.3 Å². The van der Waals surface area contributed by atoms with Crippen molar-refractivity contribution in [1.82, 2.24) is 9.97 Å². The van der Waals surface area contributed by atoms with E-state index in [0.29, 0.717) is 5.82 Å². The molecule has 0 radical (unpaired) electrons. The van der Waals surface area contributed by atoms with Gasteiger partial charge in [-0.05, 0) is 43.2 Å². The third-order valence-electron chi connectivity index (χ3n) is 3.94. The second-order valence-corrected chi connectivity index (χ2v) is 5.86. The Morgan fingerprint density at radius 3 is 2.44 bits per heavy atom. The van der Waals surface area contributed by atoms with Crippen molar-refractivity contribution in [3.8, 4) is 0 Å². The van der Waals surface area contributed by atoms with E-state index in [9.17, 15) is 4.39 Å². The standard InChI is InChI=1S/C20H21FN4/c1-15-23-19(22-13-12-16-8-10-17(21)11-9-16)14-20(24-15)25(2)18-6-4-3-5-7-18/h3-11,14H,12-13H2,1-2H3,(H,22,23,24). The first-order chi connectivity index (χ1) is 12.1. The topological polar surface area (TPSA) is 41.1 Å². The molecule has 2 aromatic carbocycles. The molecule has 0 atom stereocenters.